The van der Waals surface area contributed by atoms with Crippen LogP contribution in [-0.4, -0.2) is 42.0 Å². The lowest BCUT2D eigenvalue weighted by atomic mass is 10.0. The highest BCUT2D eigenvalue weighted by Gasteiger charge is 2.17. The maximum atomic E-state index is 13.2. The molecule has 0 aliphatic rings. The summed E-state index contributed by atoms with van der Waals surface area (Å²) in [5.74, 6) is -1.76. The fraction of sp³-hybridized carbons (Fsp3) is 0.0645. The van der Waals surface area contributed by atoms with Gasteiger partial charge in [0.05, 0.1) is 47.8 Å². The molecule has 192 valence electrons. The third kappa shape index (κ3) is 5.35. The summed E-state index contributed by atoms with van der Waals surface area (Å²) in [6, 6.07) is 28.8. The minimum Gasteiger partial charge on any atom is -0.465 e. The Balaban J connectivity index is 1.54. The van der Waals surface area contributed by atoms with Gasteiger partial charge >= 0.3 is 11.9 Å². The number of nitrogens with one attached hydrogen (secondary N) is 1. The number of amides is 1. The van der Waals surface area contributed by atoms with E-state index in [0.717, 1.165) is 16.8 Å². The number of hydrogen-bond acceptors (Lipinski definition) is 7. The Morgan fingerprint density at radius 3 is 1.62 bits per heavy atom. The monoisotopic (exact) mass is 517 g/mol. The third-order valence-electron chi connectivity index (χ3n) is 6.05. The highest BCUT2D eigenvalue weighted by molar-refractivity contribution is 6.07. The van der Waals surface area contributed by atoms with Gasteiger partial charge in [-0.05, 0) is 36.4 Å². The first-order chi connectivity index (χ1) is 19.0. The molecule has 1 N–H and O–H groups in total. The van der Waals surface area contributed by atoms with Crippen molar-refractivity contribution < 1.29 is 23.9 Å². The molecule has 8 heteroatoms. The van der Waals surface area contributed by atoms with Crippen LogP contribution in [0, 0.1) is 0 Å². The van der Waals surface area contributed by atoms with Gasteiger partial charge in [0, 0.05) is 22.4 Å². The van der Waals surface area contributed by atoms with Gasteiger partial charge in [0.15, 0.2) is 0 Å². The van der Waals surface area contributed by atoms with Crippen LogP contribution in [0.4, 0.5) is 5.69 Å². The van der Waals surface area contributed by atoms with Crippen LogP contribution < -0.4 is 5.32 Å². The van der Waals surface area contributed by atoms with E-state index in [1.54, 1.807) is 18.2 Å². The number of fused-ring (bicyclic) bond motifs is 1. The molecule has 1 heterocycles. The van der Waals surface area contributed by atoms with Gasteiger partial charge in [-0.1, -0.05) is 60.7 Å². The van der Waals surface area contributed by atoms with Gasteiger partial charge in [-0.2, -0.15) is 0 Å². The van der Waals surface area contributed by atoms with E-state index >= 15 is 0 Å². The first-order valence-corrected chi connectivity index (χ1v) is 12.0. The molecule has 0 aliphatic heterocycles. The van der Waals surface area contributed by atoms with Gasteiger partial charge in [-0.15, -0.1) is 0 Å². The molecule has 4 aromatic carbocycles. The Morgan fingerprint density at radius 1 is 0.590 bits per heavy atom. The third-order valence-corrected chi connectivity index (χ3v) is 6.05. The zero-order valence-electron chi connectivity index (χ0n) is 21.2. The normalized spacial score (nSPS) is 10.6. The van der Waals surface area contributed by atoms with Crippen LogP contribution in [0.5, 0.6) is 0 Å². The molecule has 1 amide bonds. The standard InChI is InChI=1S/C31H23N3O5/c1-38-30(36)22-15-23(31(37)39-2)17-24(16-22)32-29(35)21-13-14-25-26(18-21)34-28(20-11-7-4-8-12-20)27(33-25)19-9-5-3-6-10-19/h3-18H,1-2H3,(H,32,35). The minimum atomic E-state index is -0.653. The number of nitrogens with zero attached hydrogens (tertiary/aromatic N) is 2. The largest absolute Gasteiger partial charge is 0.465 e. The van der Waals surface area contributed by atoms with Gasteiger partial charge in [-0.3, -0.25) is 4.79 Å². The first-order valence-electron chi connectivity index (χ1n) is 12.0. The van der Waals surface area contributed by atoms with E-state index in [9.17, 15) is 14.4 Å². The van der Waals surface area contributed by atoms with E-state index in [1.807, 2.05) is 60.7 Å². The van der Waals surface area contributed by atoms with Crippen molar-refractivity contribution in [2.24, 2.45) is 0 Å². The second-order valence-corrected chi connectivity index (χ2v) is 8.59. The summed E-state index contributed by atoms with van der Waals surface area (Å²) in [7, 11) is 2.46. The Bertz CT molecular complexity index is 1670. The van der Waals surface area contributed by atoms with Crippen molar-refractivity contribution in [1.82, 2.24) is 9.97 Å². The van der Waals surface area contributed by atoms with E-state index in [1.165, 1.54) is 32.4 Å². The second kappa shape index (κ2) is 10.9. The number of anilines is 1. The lowest BCUT2D eigenvalue weighted by Crippen LogP contribution is -2.14. The minimum absolute atomic E-state index is 0.0982. The highest BCUT2D eigenvalue weighted by Crippen LogP contribution is 2.31. The summed E-state index contributed by atoms with van der Waals surface area (Å²) >= 11 is 0. The lowest BCUT2D eigenvalue weighted by Gasteiger charge is -2.12. The Hall–Kier alpha value is -5.37. The van der Waals surface area contributed by atoms with E-state index in [2.05, 4.69) is 5.32 Å². The predicted molar refractivity (Wildman–Crippen MR) is 147 cm³/mol. The Morgan fingerprint density at radius 2 is 1.10 bits per heavy atom. The topological polar surface area (TPSA) is 107 Å². The maximum Gasteiger partial charge on any atom is 0.337 e. The summed E-state index contributed by atoms with van der Waals surface area (Å²) < 4.78 is 9.54. The molecule has 0 fully saturated rings. The van der Waals surface area contributed by atoms with Gasteiger partial charge in [0.25, 0.3) is 5.91 Å². The molecule has 5 aromatic rings. The zero-order chi connectivity index (χ0) is 27.4. The average Bonchev–Trinajstić information content (AvgIpc) is 2.99. The maximum absolute atomic E-state index is 13.2. The fourth-order valence-corrected chi connectivity index (χ4v) is 4.16. The number of esters is 2. The van der Waals surface area contributed by atoms with Crippen molar-refractivity contribution in [3.63, 3.8) is 0 Å². The number of ether oxygens (including phenoxy) is 2. The number of aromatic nitrogens is 2. The van der Waals surface area contributed by atoms with Crippen molar-refractivity contribution in [1.29, 1.82) is 0 Å². The number of carbonyl (C=O) groups is 3. The van der Waals surface area contributed by atoms with Crippen molar-refractivity contribution in [3.05, 3.63) is 114 Å². The van der Waals surface area contributed by atoms with Gasteiger partial charge in [-0.25, -0.2) is 19.6 Å². The molecule has 5 rings (SSSR count). The molecule has 0 unspecified atom stereocenters. The molecule has 39 heavy (non-hydrogen) atoms. The molecule has 8 nitrogen and oxygen atoms in total. The number of rotatable bonds is 6. The summed E-state index contributed by atoms with van der Waals surface area (Å²) in [4.78, 5) is 47.2. The second-order valence-electron chi connectivity index (χ2n) is 8.59. The number of hydrogen-bond donors (Lipinski definition) is 1. The van der Waals surface area contributed by atoms with Crippen molar-refractivity contribution in [2.45, 2.75) is 0 Å². The van der Waals surface area contributed by atoms with Crippen LogP contribution in [0.15, 0.2) is 97.1 Å². The average molecular weight is 518 g/mol. The van der Waals surface area contributed by atoms with Gasteiger partial charge in [0.2, 0.25) is 0 Å². The van der Waals surface area contributed by atoms with Crippen LogP contribution in [0.25, 0.3) is 33.5 Å². The molecular formula is C31H23N3O5. The van der Waals surface area contributed by atoms with Crippen molar-refractivity contribution in [2.75, 3.05) is 19.5 Å². The number of methoxy groups -OCH3 is 2. The van der Waals surface area contributed by atoms with Crippen LogP contribution in [0.2, 0.25) is 0 Å². The highest BCUT2D eigenvalue weighted by atomic mass is 16.5. The molecule has 0 bridgehead atoms. The molecule has 0 spiro atoms. The van der Waals surface area contributed by atoms with Crippen molar-refractivity contribution >= 4 is 34.6 Å². The van der Waals surface area contributed by atoms with Crippen LogP contribution in [-0.2, 0) is 9.47 Å². The smallest absolute Gasteiger partial charge is 0.337 e. The van der Waals surface area contributed by atoms with Crippen LogP contribution in [0.1, 0.15) is 31.1 Å². The summed E-state index contributed by atoms with van der Waals surface area (Å²) in [6.07, 6.45) is 0. The van der Waals surface area contributed by atoms with Crippen molar-refractivity contribution in [3.8, 4) is 22.5 Å². The predicted octanol–water partition coefficient (Wildman–Crippen LogP) is 5.79. The molecule has 0 saturated heterocycles. The van der Waals surface area contributed by atoms with E-state index in [0.29, 0.717) is 22.3 Å². The summed E-state index contributed by atoms with van der Waals surface area (Å²) in [6.45, 7) is 0. The number of benzene rings is 4. The molecule has 0 aliphatic carbocycles. The summed E-state index contributed by atoms with van der Waals surface area (Å²) in [5.41, 5.74) is 5.19. The van der Waals surface area contributed by atoms with Gasteiger partial charge < -0.3 is 14.8 Å². The first kappa shape index (κ1) is 25.3. The van der Waals surface area contributed by atoms with E-state index < -0.39 is 17.8 Å². The molecule has 0 saturated carbocycles. The van der Waals surface area contributed by atoms with Crippen LogP contribution in [0.3, 0.4) is 0 Å². The Kier molecular flexibility index (Phi) is 7.09. The lowest BCUT2D eigenvalue weighted by molar-refractivity contribution is 0.0599. The summed E-state index contributed by atoms with van der Waals surface area (Å²) in [5, 5.41) is 2.74. The molecule has 0 radical (unpaired) electrons. The number of carbonyl (C=O) groups excluding carboxylic acids is 3. The van der Waals surface area contributed by atoms with E-state index in [-0.39, 0.29) is 16.8 Å². The quantitative estimate of drug-likeness (QED) is 0.284. The molecule has 0 atom stereocenters. The Labute approximate surface area is 224 Å². The van der Waals surface area contributed by atoms with Gasteiger partial charge in [0.1, 0.15) is 0 Å². The molecule has 1 aromatic heterocycles. The molecular weight excluding hydrogens is 494 g/mol. The SMILES string of the molecule is COC(=O)c1cc(NC(=O)c2ccc3nc(-c4ccccc4)c(-c4ccccc4)nc3c2)cc(C(=O)OC)c1. The zero-order valence-corrected chi connectivity index (χ0v) is 21.2. The fourth-order valence-electron chi connectivity index (χ4n) is 4.16. The van der Waals surface area contributed by atoms with E-state index in [4.69, 9.17) is 19.4 Å². The van der Waals surface area contributed by atoms with Crippen LogP contribution >= 0.6 is 0 Å².